The van der Waals surface area contributed by atoms with Crippen LogP contribution in [0, 0.1) is 0 Å². The van der Waals surface area contributed by atoms with E-state index in [0.717, 1.165) is 103 Å². The molecule has 7 aromatic carbocycles. The first-order chi connectivity index (χ1) is 68.3. The van der Waals surface area contributed by atoms with Crippen molar-refractivity contribution in [1.82, 2.24) is 64.4 Å². The molecule has 21 rings (SSSR count). The minimum atomic E-state index is -0.520. The van der Waals surface area contributed by atoms with Crippen LogP contribution in [-0.2, 0) is 30.7 Å². The predicted molar refractivity (Wildman–Crippen MR) is 544 cm³/mol. The fraction of sp³-hybridized carbons (Fsp3) is 0.115. The molecule has 0 aliphatic heterocycles. The fourth-order valence-corrected chi connectivity index (χ4v) is 19.0. The number of hydrogen-bond acceptors (Lipinski definition) is 28. The molecule has 14 aromatic heterocycles. The highest BCUT2D eigenvalue weighted by Gasteiger charge is 2.27. The number of oxime groups is 2. The standard InChI is InChI=1S/C16H14N2O3.C15H12N2O3.2C15H14N2OS.C15H11NO3S.2C14H11N3O3S/c1-18-13(7-8-14(18)16(20)21-2)15(19)11-9-17-12-6-4-3-5-10(11)12;1-20-15(19)13-7-6-12(17-13)14(18)10-8-16-11-5-3-2-4-9(10)11;1-9(2)15-17-13(8-19-15)14(18)11-7-16-12-6-4-3-5-10(11)12;1-9(2)15-17-8-13(19-15)14(18)11-7-16-12-6-4-3-5-10(11)12;1-19-15(18)9-6-13(20-8-9)14(17)11-7-16-12-5-3-2-4-10(11)12;2*1-20-14(18)11-7-21-13(16-11)12(17-19)9-6-15-10-5-3-2-4-8(9)10/h3-9,17H,1-2H3;2-8,16-17H,1H3;2*3-9,16H,1-2H3;2-8,16H,1H3;2*2-7,15,19H,1H3/b;;;;;17-12+;17-12-. The zero-order chi connectivity index (χ0) is 99.7. The first kappa shape index (κ1) is 98.3. The van der Waals surface area contributed by atoms with Crippen LogP contribution in [0.3, 0.4) is 0 Å². The number of thiophene rings is 1. The molecule has 0 bridgehead atoms. The minimum Gasteiger partial charge on any atom is -0.465 e. The summed E-state index contributed by atoms with van der Waals surface area (Å²) < 4.78 is 24.7. The Labute approximate surface area is 821 Å². The van der Waals surface area contributed by atoms with Crippen LogP contribution >= 0.6 is 56.7 Å². The SMILES string of the molecule is CC(C)c1nc(C(=O)c2c[nH]c3ccccc23)cs1.CC(C)c1ncc(C(=O)c2c[nH]c3ccccc23)s1.COC(=O)c1ccc(C(=O)c2c[nH]c3ccccc23)[nH]1.COC(=O)c1ccc(C(=O)c2c[nH]c3ccccc23)n1C.COC(=O)c1csc(/C(=N/O)c2c[nH]c3ccccc23)n1.COC(=O)c1csc(/C(=N\O)c2c[nH]c3ccccc23)n1.COC(=O)c1csc(C(=O)c2c[nH]c3ccccc23)c1. The van der Waals surface area contributed by atoms with Gasteiger partial charge in [0.15, 0.2) is 11.4 Å². The summed E-state index contributed by atoms with van der Waals surface area (Å²) in [4.78, 5) is 163. The van der Waals surface area contributed by atoms with Crippen molar-refractivity contribution in [3.8, 4) is 0 Å². The fourth-order valence-electron chi connectivity index (χ4n) is 14.9. The summed E-state index contributed by atoms with van der Waals surface area (Å²) in [5.74, 6) is -2.09. The average molecular weight is 1980 g/mol. The molecule has 0 amide bonds. The van der Waals surface area contributed by atoms with E-state index in [0.29, 0.717) is 93.6 Å². The van der Waals surface area contributed by atoms with Gasteiger partial charge < -0.3 is 78.5 Å². The average Bonchev–Trinajstić information content (AvgIpc) is 1.57. The predicted octanol–water partition coefficient (Wildman–Crippen LogP) is 21.5. The largest absolute Gasteiger partial charge is 0.465 e. The van der Waals surface area contributed by atoms with E-state index in [1.165, 1.54) is 87.0 Å². The van der Waals surface area contributed by atoms with Crippen molar-refractivity contribution >= 4 is 203 Å². The highest BCUT2D eigenvalue weighted by Crippen LogP contribution is 2.33. The number of aromatic nitrogens is 13. The molecule has 141 heavy (non-hydrogen) atoms. The third-order valence-electron chi connectivity index (χ3n) is 22.1. The first-order valence-electron chi connectivity index (χ1n) is 43.1. The number of H-pyrrole nitrogens is 8. The van der Waals surface area contributed by atoms with Gasteiger partial charge in [-0.05, 0) is 72.8 Å². The molecule has 21 aromatic rings. The summed E-state index contributed by atoms with van der Waals surface area (Å²) in [5, 5.41) is 41.2. The van der Waals surface area contributed by atoms with Crippen molar-refractivity contribution in [1.29, 1.82) is 0 Å². The number of ether oxygens (including phenoxy) is 5. The normalized spacial score (nSPS) is 11.2. The Kier molecular flexibility index (Phi) is 31.1. The lowest BCUT2D eigenvalue weighted by molar-refractivity contribution is 0.0581. The molecule has 37 heteroatoms. The molecular formula is C104H87N15O17S5. The quantitative estimate of drug-likeness (QED) is 0.00797. The van der Waals surface area contributed by atoms with Crippen molar-refractivity contribution in [3.05, 3.63) is 385 Å². The van der Waals surface area contributed by atoms with Gasteiger partial charge in [-0.2, -0.15) is 0 Å². The van der Waals surface area contributed by atoms with Gasteiger partial charge >= 0.3 is 29.8 Å². The van der Waals surface area contributed by atoms with Gasteiger partial charge in [0.1, 0.15) is 38.5 Å². The van der Waals surface area contributed by atoms with E-state index in [9.17, 15) is 58.4 Å². The van der Waals surface area contributed by atoms with Gasteiger partial charge in [0, 0.05) is 205 Å². The third kappa shape index (κ3) is 21.6. The van der Waals surface area contributed by atoms with Gasteiger partial charge in [-0.3, -0.25) is 24.0 Å². The van der Waals surface area contributed by atoms with Crippen LogP contribution in [-0.4, -0.2) is 181 Å². The smallest absolute Gasteiger partial charge is 0.357 e. The number of para-hydroxylation sites is 7. The number of aromatic amines is 8. The number of carbonyl (C=O) groups excluding carboxylic acids is 10. The van der Waals surface area contributed by atoms with Gasteiger partial charge in [-0.15, -0.1) is 56.7 Å². The summed E-state index contributed by atoms with van der Waals surface area (Å²) in [6.07, 6.45) is 13.8. The second kappa shape index (κ2) is 44.7. The zero-order valence-electron chi connectivity index (χ0n) is 76.8. The molecule has 0 atom stereocenters. The van der Waals surface area contributed by atoms with Crippen molar-refractivity contribution < 1.29 is 82.0 Å². The summed E-state index contributed by atoms with van der Waals surface area (Å²) in [6.45, 7) is 8.33. The Morgan fingerprint density at radius 2 is 0.674 bits per heavy atom. The lowest BCUT2D eigenvalue weighted by Crippen LogP contribution is -2.12. The molecule has 0 radical (unpaired) electrons. The van der Waals surface area contributed by atoms with Gasteiger partial charge in [-0.25, -0.2) is 43.9 Å². The molecule has 14 heterocycles. The second-order valence-electron chi connectivity index (χ2n) is 31.4. The van der Waals surface area contributed by atoms with Crippen molar-refractivity contribution in [2.45, 2.75) is 39.5 Å². The van der Waals surface area contributed by atoms with Crippen LogP contribution in [0.1, 0.15) is 202 Å². The summed E-state index contributed by atoms with van der Waals surface area (Å²) >= 11 is 6.70. The summed E-state index contributed by atoms with van der Waals surface area (Å²) in [6, 6.07) is 61.6. The highest BCUT2D eigenvalue weighted by molar-refractivity contribution is 7.14. The number of fused-ring (bicyclic) bond motifs is 7. The number of nitrogens with one attached hydrogen (secondary N) is 8. The van der Waals surface area contributed by atoms with Crippen LogP contribution in [0.2, 0.25) is 0 Å². The molecule has 710 valence electrons. The molecule has 32 nitrogen and oxygen atoms in total. The molecule has 0 saturated carbocycles. The highest BCUT2D eigenvalue weighted by atomic mass is 32.1. The maximum Gasteiger partial charge on any atom is 0.357 e. The maximum atomic E-state index is 12.7. The molecule has 0 fully saturated rings. The number of thiazole rings is 4. The Hall–Kier alpha value is -17.3. The Morgan fingerprint density at radius 3 is 1.05 bits per heavy atom. The van der Waals surface area contributed by atoms with Crippen LogP contribution in [0.25, 0.3) is 76.3 Å². The molecule has 0 unspecified atom stereocenters. The second-order valence-corrected chi connectivity index (χ2v) is 36.0. The van der Waals surface area contributed by atoms with Crippen molar-refractivity contribution in [2.75, 3.05) is 35.5 Å². The Balaban J connectivity index is 0.000000124. The Bertz CT molecular complexity index is 7860. The van der Waals surface area contributed by atoms with Crippen molar-refractivity contribution in [2.24, 2.45) is 17.4 Å². The number of rotatable bonds is 21. The zero-order valence-corrected chi connectivity index (χ0v) is 80.9. The third-order valence-corrected chi connectivity index (χ3v) is 27.1. The van der Waals surface area contributed by atoms with Crippen LogP contribution < -0.4 is 0 Å². The van der Waals surface area contributed by atoms with Crippen LogP contribution in [0.4, 0.5) is 0 Å². The molecular weight excluding hydrogens is 1890 g/mol. The van der Waals surface area contributed by atoms with Gasteiger partial charge in [-0.1, -0.05) is 165 Å². The Morgan fingerprint density at radius 1 is 0.333 bits per heavy atom. The summed E-state index contributed by atoms with van der Waals surface area (Å²) in [7, 11) is 8.19. The number of carbonyl (C=O) groups is 10. The number of hydrogen-bond donors (Lipinski definition) is 10. The maximum absolute atomic E-state index is 12.7. The molecule has 0 aliphatic carbocycles. The summed E-state index contributed by atoms with van der Waals surface area (Å²) in [5.41, 5.74) is 14.5. The van der Waals surface area contributed by atoms with Gasteiger partial charge in [0.2, 0.25) is 28.9 Å². The number of nitrogens with zero attached hydrogens (tertiary/aromatic N) is 7. The van der Waals surface area contributed by atoms with E-state index in [-0.39, 0.29) is 46.0 Å². The lowest BCUT2D eigenvalue weighted by Gasteiger charge is -2.05. The van der Waals surface area contributed by atoms with E-state index < -0.39 is 29.8 Å². The van der Waals surface area contributed by atoms with E-state index in [1.54, 1.807) is 113 Å². The van der Waals surface area contributed by atoms with E-state index >= 15 is 0 Å². The minimum absolute atomic E-state index is 0.0133. The number of methoxy groups -OCH3 is 5. The molecule has 0 aliphatic rings. The number of benzene rings is 7. The monoisotopic (exact) mass is 1980 g/mol. The van der Waals surface area contributed by atoms with Crippen LogP contribution in [0.5, 0.6) is 0 Å². The molecule has 0 spiro atoms. The van der Waals surface area contributed by atoms with E-state index in [1.807, 2.05) is 175 Å². The van der Waals surface area contributed by atoms with Gasteiger partial charge in [0.25, 0.3) is 0 Å². The first-order valence-corrected chi connectivity index (χ1v) is 47.5. The topological polar surface area (TPSA) is 465 Å². The van der Waals surface area contributed by atoms with E-state index in [4.69, 9.17) is 4.74 Å². The molecule has 0 saturated heterocycles. The lowest BCUT2D eigenvalue weighted by atomic mass is 10.1. The number of esters is 5. The van der Waals surface area contributed by atoms with E-state index in [2.05, 4.69) is 117 Å². The van der Waals surface area contributed by atoms with Gasteiger partial charge in [0.05, 0.1) is 72.3 Å². The van der Waals surface area contributed by atoms with Crippen LogP contribution in [0.15, 0.2) is 282 Å². The van der Waals surface area contributed by atoms with Crippen molar-refractivity contribution in [3.63, 3.8) is 0 Å². The molecule has 10 N–H and O–H groups in total. The number of ketones is 5.